The Balaban J connectivity index is 1.60. The lowest BCUT2D eigenvalue weighted by Crippen LogP contribution is -2.01. The van der Waals surface area contributed by atoms with E-state index >= 15 is 0 Å². The predicted molar refractivity (Wildman–Crippen MR) is 97.6 cm³/mol. The van der Waals surface area contributed by atoms with Gasteiger partial charge in [0.15, 0.2) is 0 Å². The van der Waals surface area contributed by atoms with E-state index in [-0.39, 0.29) is 18.2 Å². The fourth-order valence-electron chi connectivity index (χ4n) is 2.33. The fraction of sp³-hybridized carbons (Fsp3) is 0.100. The van der Waals surface area contributed by atoms with E-state index in [0.717, 1.165) is 16.8 Å². The molecule has 25 heavy (non-hydrogen) atoms. The summed E-state index contributed by atoms with van der Waals surface area (Å²) in [6.07, 6.45) is 0. The van der Waals surface area contributed by atoms with Crippen LogP contribution in [0.1, 0.15) is 11.1 Å². The molecule has 0 aliphatic heterocycles. The van der Waals surface area contributed by atoms with E-state index in [1.807, 2.05) is 36.4 Å². The quantitative estimate of drug-likeness (QED) is 0.582. The van der Waals surface area contributed by atoms with Gasteiger partial charge < -0.3 is 15.2 Å². The van der Waals surface area contributed by atoms with Crippen LogP contribution in [0.5, 0.6) is 11.5 Å². The second-order valence-corrected chi connectivity index (χ2v) is 5.98. The number of phenols is 1. The van der Waals surface area contributed by atoms with Crippen molar-refractivity contribution in [1.82, 2.24) is 0 Å². The first kappa shape index (κ1) is 17.1. The number of nitrogens with one attached hydrogen (secondary N) is 1. The van der Waals surface area contributed by atoms with E-state index in [4.69, 9.17) is 16.3 Å². The molecule has 0 radical (unpaired) electrons. The average molecular weight is 358 g/mol. The van der Waals surface area contributed by atoms with E-state index in [1.54, 1.807) is 18.2 Å². The minimum atomic E-state index is -0.365. The highest BCUT2D eigenvalue weighted by Crippen LogP contribution is 2.21. The van der Waals surface area contributed by atoms with Crippen LogP contribution < -0.4 is 10.1 Å². The van der Waals surface area contributed by atoms with Crippen molar-refractivity contribution >= 4 is 17.3 Å². The number of aromatic hydroxyl groups is 1. The van der Waals surface area contributed by atoms with Gasteiger partial charge in [-0.15, -0.1) is 0 Å². The van der Waals surface area contributed by atoms with Gasteiger partial charge in [0.2, 0.25) is 0 Å². The first-order valence-corrected chi connectivity index (χ1v) is 8.16. The van der Waals surface area contributed by atoms with Crippen molar-refractivity contribution in [2.45, 2.75) is 13.2 Å². The third-order valence-corrected chi connectivity index (χ3v) is 4.02. The maximum absolute atomic E-state index is 13.1. The molecule has 0 heterocycles. The summed E-state index contributed by atoms with van der Waals surface area (Å²) in [5.41, 5.74) is 2.70. The molecule has 0 fully saturated rings. The number of anilines is 1. The van der Waals surface area contributed by atoms with Crippen LogP contribution in [0.4, 0.5) is 10.1 Å². The fourth-order valence-corrected chi connectivity index (χ4v) is 2.55. The molecule has 0 saturated heterocycles. The number of ether oxygens (including phenoxy) is 1. The SMILES string of the molecule is Oc1ccc(NCc2cccc(OCc3ccc(F)cc3Cl)c2)cc1. The van der Waals surface area contributed by atoms with Crippen LogP contribution in [-0.2, 0) is 13.2 Å². The second kappa shape index (κ2) is 7.90. The molecule has 0 aliphatic carbocycles. The maximum Gasteiger partial charge on any atom is 0.124 e. The second-order valence-electron chi connectivity index (χ2n) is 5.57. The minimum absolute atomic E-state index is 0.236. The third-order valence-electron chi connectivity index (χ3n) is 3.67. The molecule has 3 nitrogen and oxygen atoms in total. The van der Waals surface area contributed by atoms with Gasteiger partial charge >= 0.3 is 0 Å². The van der Waals surface area contributed by atoms with Crippen LogP contribution in [0.3, 0.4) is 0 Å². The van der Waals surface area contributed by atoms with Crippen molar-refractivity contribution in [2.75, 3.05) is 5.32 Å². The van der Waals surface area contributed by atoms with Crippen LogP contribution in [0.25, 0.3) is 0 Å². The zero-order chi connectivity index (χ0) is 17.6. The molecule has 0 atom stereocenters. The summed E-state index contributed by atoms with van der Waals surface area (Å²) in [6.45, 7) is 0.896. The largest absolute Gasteiger partial charge is 0.508 e. The van der Waals surface area contributed by atoms with E-state index in [9.17, 15) is 9.50 Å². The minimum Gasteiger partial charge on any atom is -0.508 e. The molecule has 0 aliphatic rings. The van der Waals surface area contributed by atoms with Crippen molar-refractivity contribution in [3.05, 3.63) is 88.7 Å². The Labute approximate surface area is 150 Å². The highest BCUT2D eigenvalue weighted by atomic mass is 35.5. The van der Waals surface area contributed by atoms with Crippen molar-refractivity contribution in [3.63, 3.8) is 0 Å². The Morgan fingerprint density at radius 1 is 1.00 bits per heavy atom. The van der Waals surface area contributed by atoms with E-state index in [0.29, 0.717) is 17.3 Å². The standard InChI is InChI=1S/C20H17ClFNO2/c21-20-11-16(22)5-4-15(20)13-25-19-3-1-2-14(10-19)12-23-17-6-8-18(24)9-7-17/h1-11,23-24H,12-13H2. The maximum atomic E-state index is 13.1. The molecule has 0 bridgehead atoms. The van der Waals surface area contributed by atoms with Gasteiger partial charge in [-0.25, -0.2) is 4.39 Å². The molecule has 0 unspecified atom stereocenters. The van der Waals surface area contributed by atoms with Gasteiger partial charge in [0.1, 0.15) is 23.9 Å². The van der Waals surface area contributed by atoms with Crippen molar-refractivity contribution in [1.29, 1.82) is 0 Å². The zero-order valence-electron chi connectivity index (χ0n) is 13.4. The van der Waals surface area contributed by atoms with Crippen LogP contribution in [0, 0.1) is 5.82 Å². The van der Waals surface area contributed by atoms with Crippen molar-refractivity contribution in [3.8, 4) is 11.5 Å². The lowest BCUT2D eigenvalue weighted by Gasteiger charge is -2.11. The van der Waals surface area contributed by atoms with Gasteiger partial charge in [-0.1, -0.05) is 29.8 Å². The van der Waals surface area contributed by atoms with Gasteiger partial charge in [0, 0.05) is 17.8 Å². The van der Waals surface area contributed by atoms with Gasteiger partial charge in [0.25, 0.3) is 0 Å². The van der Waals surface area contributed by atoms with Crippen LogP contribution in [0.2, 0.25) is 5.02 Å². The van der Waals surface area contributed by atoms with E-state index in [2.05, 4.69) is 5.32 Å². The normalized spacial score (nSPS) is 10.5. The molecular formula is C20H17ClFNO2. The number of rotatable bonds is 6. The first-order valence-electron chi connectivity index (χ1n) is 7.79. The molecule has 3 aromatic carbocycles. The Morgan fingerprint density at radius 3 is 2.56 bits per heavy atom. The average Bonchev–Trinajstić information content (AvgIpc) is 2.61. The monoisotopic (exact) mass is 357 g/mol. The summed E-state index contributed by atoms with van der Waals surface area (Å²) in [5, 5.41) is 12.9. The Kier molecular flexibility index (Phi) is 5.41. The van der Waals surface area contributed by atoms with Crippen LogP contribution >= 0.6 is 11.6 Å². The Morgan fingerprint density at radius 2 is 1.80 bits per heavy atom. The Bertz CT molecular complexity index is 853. The van der Waals surface area contributed by atoms with Gasteiger partial charge in [-0.05, 0) is 54.1 Å². The lowest BCUT2D eigenvalue weighted by molar-refractivity contribution is 0.306. The highest BCUT2D eigenvalue weighted by molar-refractivity contribution is 6.31. The summed E-state index contributed by atoms with van der Waals surface area (Å²) in [6, 6.07) is 18.8. The number of hydrogen-bond acceptors (Lipinski definition) is 3. The number of benzene rings is 3. The number of phenolic OH excluding ortho intramolecular Hbond substituents is 1. The smallest absolute Gasteiger partial charge is 0.124 e. The highest BCUT2D eigenvalue weighted by Gasteiger charge is 2.04. The van der Waals surface area contributed by atoms with Crippen molar-refractivity contribution in [2.24, 2.45) is 0 Å². The van der Waals surface area contributed by atoms with E-state index < -0.39 is 0 Å². The van der Waals surface area contributed by atoms with Crippen LogP contribution in [0.15, 0.2) is 66.7 Å². The number of halogens is 2. The zero-order valence-corrected chi connectivity index (χ0v) is 14.1. The first-order chi connectivity index (χ1) is 12.1. The Hall–Kier alpha value is -2.72. The van der Waals surface area contributed by atoms with Crippen molar-refractivity contribution < 1.29 is 14.2 Å². The molecular weight excluding hydrogens is 341 g/mol. The van der Waals surface area contributed by atoms with Crippen LogP contribution in [-0.4, -0.2) is 5.11 Å². The van der Waals surface area contributed by atoms with E-state index in [1.165, 1.54) is 12.1 Å². The summed E-state index contributed by atoms with van der Waals surface area (Å²) >= 11 is 6.01. The summed E-state index contributed by atoms with van der Waals surface area (Å²) in [7, 11) is 0. The molecule has 2 N–H and O–H groups in total. The van der Waals surface area contributed by atoms with Gasteiger partial charge in [-0.2, -0.15) is 0 Å². The molecule has 128 valence electrons. The number of hydrogen-bond donors (Lipinski definition) is 2. The summed E-state index contributed by atoms with van der Waals surface area (Å²) in [5.74, 6) is 0.585. The molecule has 0 amide bonds. The third kappa shape index (κ3) is 4.88. The molecule has 3 aromatic rings. The molecule has 3 rings (SSSR count). The molecule has 0 saturated carbocycles. The summed E-state index contributed by atoms with van der Waals surface area (Å²) in [4.78, 5) is 0. The predicted octanol–water partition coefficient (Wildman–Crippen LogP) is 5.38. The lowest BCUT2D eigenvalue weighted by atomic mass is 10.2. The summed E-state index contributed by atoms with van der Waals surface area (Å²) < 4.78 is 18.8. The molecule has 5 heteroatoms. The van der Waals surface area contributed by atoms with Gasteiger partial charge in [0.05, 0.1) is 5.02 Å². The van der Waals surface area contributed by atoms with Gasteiger partial charge in [-0.3, -0.25) is 0 Å². The topological polar surface area (TPSA) is 41.5 Å². The molecule has 0 aromatic heterocycles. The molecule has 0 spiro atoms.